The van der Waals surface area contributed by atoms with Crippen LogP contribution in [0, 0.1) is 29.2 Å². The molecule has 3 atom stereocenters. The Labute approximate surface area is 240 Å². The van der Waals surface area contributed by atoms with E-state index in [-0.39, 0.29) is 43.2 Å². The van der Waals surface area contributed by atoms with Crippen molar-refractivity contribution in [2.24, 2.45) is 11.7 Å². The minimum Gasteiger partial charge on any atom is -0.464 e. The van der Waals surface area contributed by atoms with Crippen LogP contribution < -0.4 is 16.4 Å². The second-order valence-electron chi connectivity index (χ2n) is 9.99. The lowest BCUT2D eigenvalue weighted by atomic mass is 10.0. The number of nitrogens with two attached hydrogens (primary N) is 1. The van der Waals surface area contributed by atoms with Gasteiger partial charge in [0.15, 0.2) is 17.0 Å². The molecule has 1 fully saturated rings. The number of halogens is 4. The van der Waals surface area contributed by atoms with Crippen LogP contribution in [0.15, 0.2) is 30.3 Å². The van der Waals surface area contributed by atoms with Crippen molar-refractivity contribution in [3.8, 4) is 0 Å². The molecule has 0 saturated carbocycles. The van der Waals surface area contributed by atoms with E-state index in [0.29, 0.717) is 30.0 Å². The van der Waals surface area contributed by atoms with Crippen LogP contribution in [0.4, 0.5) is 23.2 Å². The first-order valence-electron chi connectivity index (χ1n) is 13.2. The summed E-state index contributed by atoms with van der Waals surface area (Å²) in [5, 5.41) is 4.74. The van der Waals surface area contributed by atoms with Gasteiger partial charge in [-0.25, -0.2) is 22.4 Å². The second kappa shape index (κ2) is 14.5. The van der Waals surface area contributed by atoms with Crippen LogP contribution in [0.25, 0.3) is 0 Å². The molecule has 0 aromatic heterocycles. The van der Waals surface area contributed by atoms with Gasteiger partial charge < -0.3 is 26.0 Å². The van der Waals surface area contributed by atoms with Crippen molar-refractivity contribution in [1.29, 1.82) is 0 Å². The molecule has 0 spiro atoms. The molecule has 0 radical (unpaired) electrons. The number of nitrogens with one attached hydrogen (secondary N) is 2. The summed E-state index contributed by atoms with van der Waals surface area (Å²) in [5.41, 5.74) is 6.43. The monoisotopic (exact) mass is 598 g/mol. The van der Waals surface area contributed by atoms with Gasteiger partial charge in [0, 0.05) is 37.4 Å². The average Bonchev–Trinajstić information content (AvgIpc) is 3.40. The van der Waals surface area contributed by atoms with Crippen LogP contribution in [-0.2, 0) is 32.1 Å². The van der Waals surface area contributed by atoms with E-state index in [0.717, 1.165) is 0 Å². The van der Waals surface area contributed by atoms with Crippen LogP contribution in [-0.4, -0.2) is 59.0 Å². The molecule has 4 N–H and O–H groups in total. The third-order valence-corrected chi connectivity index (χ3v) is 7.66. The number of thioether (sulfide) groups is 1. The number of carbonyl (C=O) groups is 3. The maximum Gasteiger partial charge on any atom is 0.328 e. The van der Waals surface area contributed by atoms with Gasteiger partial charge in [-0.15, -0.1) is 11.8 Å². The largest absolute Gasteiger partial charge is 0.464 e. The fraction of sp³-hybridized carbons (Fsp3) is 0.464. The molecule has 8 nitrogen and oxygen atoms in total. The summed E-state index contributed by atoms with van der Waals surface area (Å²) in [5.74, 6) is -5.11. The summed E-state index contributed by atoms with van der Waals surface area (Å²) >= 11 is 1.25. The lowest BCUT2D eigenvalue weighted by Gasteiger charge is -2.24. The Bertz CT molecular complexity index is 1270. The van der Waals surface area contributed by atoms with E-state index in [2.05, 4.69) is 10.6 Å². The number of carbonyl (C=O) groups excluding carboxylic acids is 3. The number of amides is 2. The van der Waals surface area contributed by atoms with E-state index >= 15 is 0 Å². The van der Waals surface area contributed by atoms with Crippen LogP contribution in [0.5, 0.6) is 0 Å². The van der Waals surface area contributed by atoms with Gasteiger partial charge in [0.05, 0.1) is 12.3 Å². The Morgan fingerprint density at radius 2 is 1.78 bits per heavy atom. The molecule has 2 aromatic carbocycles. The molecule has 13 heteroatoms. The van der Waals surface area contributed by atoms with Crippen molar-refractivity contribution < 1.29 is 36.7 Å². The van der Waals surface area contributed by atoms with E-state index in [1.54, 1.807) is 13.0 Å². The molecule has 1 heterocycles. The van der Waals surface area contributed by atoms with E-state index in [9.17, 15) is 31.9 Å². The van der Waals surface area contributed by atoms with Crippen molar-refractivity contribution in [2.45, 2.75) is 57.6 Å². The third-order valence-electron chi connectivity index (χ3n) is 6.46. The molecule has 3 rings (SSSR count). The summed E-state index contributed by atoms with van der Waals surface area (Å²) in [6.45, 7) is 5.80. The summed E-state index contributed by atoms with van der Waals surface area (Å²) in [7, 11) is 0. The van der Waals surface area contributed by atoms with E-state index in [1.165, 1.54) is 28.8 Å². The molecule has 224 valence electrons. The molecule has 1 aliphatic rings. The molecule has 1 saturated heterocycles. The first-order valence-corrected chi connectivity index (χ1v) is 14.3. The maximum atomic E-state index is 14.8. The predicted octanol–water partition coefficient (Wildman–Crippen LogP) is 3.72. The minimum absolute atomic E-state index is 0.00443. The maximum absolute atomic E-state index is 14.8. The molecular formula is C28H34F4N4O4S. The highest BCUT2D eigenvalue weighted by Crippen LogP contribution is 2.26. The second-order valence-corrected chi connectivity index (χ2v) is 11.2. The lowest BCUT2D eigenvalue weighted by molar-refractivity contribution is -0.145. The van der Waals surface area contributed by atoms with Crippen molar-refractivity contribution in [3.63, 3.8) is 0 Å². The number of nitrogens with zero attached hydrogens (tertiary/aromatic N) is 1. The Morgan fingerprint density at radius 3 is 2.44 bits per heavy atom. The van der Waals surface area contributed by atoms with Crippen molar-refractivity contribution >= 4 is 35.2 Å². The van der Waals surface area contributed by atoms with Gasteiger partial charge in [0.25, 0.3) is 5.91 Å². The lowest BCUT2D eigenvalue weighted by Crippen LogP contribution is -2.46. The zero-order valence-electron chi connectivity index (χ0n) is 23.0. The predicted molar refractivity (Wildman–Crippen MR) is 148 cm³/mol. The van der Waals surface area contributed by atoms with E-state index in [4.69, 9.17) is 10.5 Å². The van der Waals surface area contributed by atoms with Gasteiger partial charge in [-0.1, -0.05) is 19.9 Å². The van der Waals surface area contributed by atoms with Gasteiger partial charge in [0.1, 0.15) is 17.7 Å². The number of benzene rings is 2. The molecule has 0 bridgehead atoms. The number of ether oxygens (including phenoxy) is 1. The SMILES string of the molecule is CCOC(=O)[C@@H](Nc1ccc(CNC(=O)C2SCCN2C(=O)C[C@H](N)Cc2cc(F)c(F)cc2F)cc1F)C(C)C. The zero-order valence-corrected chi connectivity index (χ0v) is 23.8. The Morgan fingerprint density at radius 1 is 1.07 bits per heavy atom. The average molecular weight is 599 g/mol. The van der Waals surface area contributed by atoms with Crippen LogP contribution >= 0.6 is 11.8 Å². The number of hydrogen-bond donors (Lipinski definition) is 3. The molecule has 0 aliphatic carbocycles. The number of hydrogen-bond acceptors (Lipinski definition) is 7. The summed E-state index contributed by atoms with van der Waals surface area (Å²) in [6.07, 6.45) is -0.424. The normalized spacial score (nSPS) is 16.4. The molecule has 41 heavy (non-hydrogen) atoms. The summed E-state index contributed by atoms with van der Waals surface area (Å²) in [6, 6.07) is 3.85. The molecule has 1 unspecified atom stereocenters. The summed E-state index contributed by atoms with van der Waals surface area (Å²) in [4.78, 5) is 39.3. The smallest absolute Gasteiger partial charge is 0.328 e. The topological polar surface area (TPSA) is 114 Å². The molecule has 2 aromatic rings. The molecular weight excluding hydrogens is 564 g/mol. The molecule has 1 aliphatic heterocycles. The van der Waals surface area contributed by atoms with Crippen LogP contribution in [0.1, 0.15) is 38.3 Å². The highest BCUT2D eigenvalue weighted by atomic mass is 32.2. The van der Waals surface area contributed by atoms with Gasteiger partial charge in [-0.05, 0) is 48.6 Å². The highest BCUT2D eigenvalue weighted by molar-refractivity contribution is 8.00. The van der Waals surface area contributed by atoms with Crippen molar-refractivity contribution in [2.75, 3.05) is 24.2 Å². The Balaban J connectivity index is 1.56. The van der Waals surface area contributed by atoms with Crippen LogP contribution in [0.2, 0.25) is 0 Å². The number of esters is 1. The quantitative estimate of drug-likeness (QED) is 0.194. The zero-order chi connectivity index (χ0) is 30.3. The van der Waals surface area contributed by atoms with E-state index in [1.807, 2.05) is 13.8 Å². The first kappa shape index (κ1) is 32.2. The van der Waals surface area contributed by atoms with Gasteiger partial charge in [0.2, 0.25) is 5.91 Å². The molecule has 2 amide bonds. The first-order chi connectivity index (χ1) is 19.4. The summed E-state index contributed by atoms with van der Waals surface area (Å²) < 4.78 is 60.5. The fourth-order valence-corrected chi connectivity index (χ4v) is 5.48. The highest BCUT2D eigenvalue weighted by Gasteiger charge is 2.35. The fourth-order valence-electron chi connectivity index (χ4n) is 4.32. The van der Waals surface area contributed by atoms with E-state index < -0.39 is 58.5 Å². The standard InChI is InChI=1S/C28H34F4N4O4S/c1-4-40-28(39)25(15(2)3)35-23-6-5-16(9-22(23)32)14-34-26(38)27-36(7-8-41-27)24(37)12-18(33)10-17-11-20(30)21(31)13-19(17)29/h5-6,9,11,13,15,18,25,27,35H,4,7-8,10,12,14,33H2,1-3H3,(H,34,38)/t18-,25+,27?/m1/s1. The number of anilines is 1. The van der Waals surface area contributed by atoms with Gasteiger partial charge in [-0.2, -0.15) is 0 Å². The minimum atomic E-state index is -1.32. The van der Waals surface area contributed by atoms with Gasteiger partial charge in [-0.3, -0.25) is 9.59 Å². The number of rotatable bonds is 12. The van der Waals surface area contributed by atoms with Crippen LogP contribution in [0.3, 0.4) is 0 Å². The Hall–Kier alpha value is -3.32. The van der Waals surface area contributed by atoms with Crippen molar-refractivity contribution in [3.05, 3.63) is 64.7 Å². The van der Waals surface area contributed by atoms with Crippen molar-refractivity contribution in [1.82, 2.24) is 10.2 Å². The Kier molecular flexibility index (Phi) is 11.4. The van der Waals surface area contributed by atoms with Gasteiger partial charge >= 0.3 is 5.97 Å². The third kappa shape index (κ3) is 8.59.